The molecule has 138 valence electrons. The maximum Gasteiger partial charge on any atom is 0.244 e. The number of likely N-dealkylation sites (N-methyl/N-ethyl adjacent to an activating group) is 1. The highest BCUT2D eigenvalue weighted by molar-refractivity contribution is 7.93. The summed E-state index contributed by atoms with van der Waals surface area (Å²) in [5.74, 6) is -0.189. The largest absolute Gasteiger partial charge is 0.340 e. The zero-order chi connectivity index (χ0) is 18.1. The Hall–Kier alpha value is -1.40. The van der Waals surface area contributed by atoms with Crippen LogP contribution < -0.4 is 5.32 Å². The Balaban J connectivity index is 1.96. The first-order valence-electron chi connectivity index (χ1n) is 9.19. The minimum absolute atomic E-state index is 0.189. The minimum atomic E-state index is -3.70. The Morgan fingerprint density at radius 2 is 1.80 bits per heavy atom. The molecule has 1 aromatic carbocycles. The van der Waals surface area contributed by atoms with Gasteiger partial charge in [0.25, 0.3) is 0 Å². The van der Waals surface area contributed by atoms with Gasteiger partial charge in [-0.3, -0.25) is 4.79 Å². The summed E-state index contributed by atoms with van der Waals surface area (Å²) >= 11 is 0. The van der Waals surface area contributed by atoms with Crippen molar-refractivity contribution in [3.8, 4) is 0 Å². The van der Waals surface area contributed by atoms with Crippen LogP contribution in [0.25, 0.3) is 0 Å². The molecular formula is C19H28N2O3S. The Morgan fingerprint density at radius 3 is 2.40 bits per heavy atom. The first kappa shape index (κ1) is 18.4. The van der Waals surface area contributed by atoms with Crippen molar-refractivity contribution >= 4 is 15.7 Å². The molecule has 1 N–H and O–H groups in total. The van der Waals surface area contributed by atoms with Gasteiger partial charge in [-0.15, -0.1) is 0 Å². The maximum atomic E-state index is 13.4. The minimum Gasteiger partial charge on any atom is -0.340 e. The average molecular weight is 365 g/mol. The highest BCUT2D eigenvalue weighted by Gasteiger charge is 2.54. The molecule has 1 saturated heterocycles. The lowest BCUT2D eigenvalue weighted by Crippen LogP contribution is -2.56. The van der Waals surface area contributed by atoms with Crippen molar-refractivity contribution in [1.82, 2.24) is 10.2 Å². The Bertz CT molecular complexity index is 722. The highest BCUT2D eigenvalue weighted by Crippen LogP contribution is 2.42. The Kier molecular flexibility index (Phi) is 5.21. The summed E-state index contributed by atoms with van der Waals surface area (Å²) in [7, 11) is -1.81. The van der Waals surface area contributed by atoms with E-state index in [1.165, 1.54) is 0 Å². The lowest BCUT2D eigenvalue weighted by molar-refractivity contribution is -0.135. The summed E-state index contributed by atoms with van der Waals surface area (Å²) in [6.07, 6.45) is 4.39. The summed E-state index contributed by atoms with van der Waals surface area (Å²) in [6, 6.07) is 7.14. The number of nitrogens with zero attached hydrogens (tertiary/aromatic N) is 1. The molecule has 1 aliphatic carbocycles. The molecule has 2 fully saturated rings. The number of hydrogen-bond acceptors (Lipinski definition) is 4. The van der Waals surface area contributed by atoms with E-state index >= 15 is 0 Å². The maximum absolute atomic E-state index is 13.4. The third kappa shape index (κ3) is 3.22. The van der Waals surface area contributed by atoms with Crippen LogP contribution >= 0.6 is 0 Å². The first-order valence-corrected chi connectivity index (χ1v) is 10.7. The molecule has 0 radical (unpaired) electrons. The van der Waals surface area contributed by atoms with Gasteiger partial charge in [-0.1, -0.05) is 30.5 Å². The number of sulfone groups is 1. The molecule has 1 unspecified atom stereocenters. The van der Waals surface area contributed by atoms with Crippen molar-refractivity contribution in [1.29, 1.82) is 0 Å². The molecular weight excluding hydrogens is 336 g/mol. The number of likely N-dealkylation sites (tertiary alicyclic amines) is 1. The van der Waals surface area contributed by atoms with Gasteiger partial charge >= 0.3 is 0 Å². The SMILES string of the molecule is CNC1CCCN(C(=O)C2(S(=O)(=O)c3ccc(C)cc3)CCCC2)C1. The van der Waals surface area contributed by atoms with Crippen LogP contribution in [0.1, 0.15) is 44.1 Å². The fourth-order valence-electron chi connectivity index (χ4n) is 4.17. The van der Waals surface area contributed by atoms with Crippen LogP contribution in [0, 0.1) is 6.92 Å². The molecule has 3 rings (SSSR count). The molecule has 1 aliphatic heterocycles. The van der Waals surface area contributed by atoms with Crippen molar-refractivity contribution < 1.29 is 13.2 Å². The normalized spacial score (nSPS) is 23.6. The molecule has 1 heterocycles. The molecule has 0 spiro atoms. The van der Waals surface area contributed by atoms with Gasteiger partial charge < -0.3 is 10.2 Å². The van der Waals surface area contributed by atoms with Crippen molar-refractivity contribution in [2.24, 2.45) is 0 Å². The van der Waals surface area contributed by atoms with Gasteiger partial charge in [0.05, 0.1) is 4.90 Å². The molecule has 1 amide bonds. The molecule has 25 heavy (non-hydrogen) atoms. The summed E-state index contributed by atoms with van der Waals surface area (Å²) in [5.41, 5.74) is 1.01. The van der Waals surface area contributed by atoms with Crippen LogP contribution in [0.4, 0.5) is 0 Å². The van der Waals surface area contributed by atoms with Crippen LogP contribution in [0.5, 0.6) is 0 Å². The third-order valence-electron chi connectivity index (χ3n) is 5.76. The number of benzene rings is 1. The summed E-state index contributed by atoms with van der Waals surface area (Å²) in [6.45, 7) is 3.18. The van der Waals surface area contributed by atoms with E-state index < -0.39 is 14.6 Å². The van der Waals surface area contributed by atoms with Crippen LogP contribution in [0.3, 0.4) is 0 Å². The Labute approximate surface area is 150 Å². The van der Waals surface area contributed by atoms with Crippen LogP contribution in [-0.4, -0.2) is 50.2 Å². The summed E-state index contributed by atoms with van der Waals surface area (Å²) in [4.78, 5) is 15.4. The van der Waals surface area contributed by atoms with E-state index in [1.54, 1.807) is 29.2 Å². The molecule has 1 atom stereocenters. The fourth-order valence-corrected chi connectivity index (χ4v) is 6.30. The Morgan fingerprint density at radius 1 is 1.16 bits per heavy atom. The van der Waals surface area contributed by atoms with Gasteiger partial charge in [-0.2, -0.15) is 0 Å². The van der Waals surface area contributed by atoms with E-state index in [4.69, 9.17) is 0 Å². The van der Waals surface area contributed by atoms with Crippen molar-refractivity contribution in [3.63, 3.8) is 0 Å². The zero-order valence-electron chi connectivity index (χ0n) is 15.1. The highest BCUT2D eigenvalue weighted by atomic mass is 32.2. The fraction of sp³-hybridized carbons (Fsp3) is 0.632. The monoisotopic (exact) mass is 364 g/mol. The predicted octanol–water partition coefficient (Wildman–Crippen LogP) is 2.29. The predicted molar refractivity (Wildman–Crippen MR) is 98.2 cm³/mol. The second-order valence-electron chi connectivity index (χ2n) is 7.40. The van der Waals surface area contributed by atoms with E-state index in [9.17, 15) is 13.2 Å². The van der Waals surface area contributed by atoms with E-state index in [0.717, 1.165) is 31.2 Å². The lowest BCUT2D eigenvalue weighted by Gasteiger charge is -2.38. The van der Waals surface area contributed by atoms with Gasteiger partial charge in [0.2, 0.25) is 5.91 Å². The van der Waals surface area contributed by atoms with Gasteiger partial charge in [0.1, 0.15) is 0 Å². The van der Waals surface area contributed by atoms with Crippen LogP contribution in [0.2, 0.25) is 0 Å². The topological polar surface area (TPSA) is 66.5 Å². The molecule has 6 heteroatoms. The summed E-state index contributed by atoms with van der Waals surface area (Å²) in [5, 5.41) is 3.23. The quantitative estimate of drug-likeness (QED) is 0.890. The first-order chi connectivity index (χ1) is 11.9. The van der Waals surface area contributed by atoms with Gasteiger partial charge in [-0.25, -0.2) is 8.42 Å². The zero-order valence-corrected chi connectivity index (χ0v) is 15.9. The van der Waals surface area contributed by atoms with Crippen molar-refractivity contribution in [3.05, 3.63) is 29.8 Å². The molecule has 1 saturated carbocycles. The molecule has 5 nitrogen and oxygen atoms in total. The second kappa shape index (κ2) is 7.08. The smallest absolute Gasteiger partial charge is 0.244 e. The van der Waals surface area contributed by atoms with Crippen LogP contribution in [0.15, 0.2) is 29.2 Å². The molecule has 0 aromatic heterocycles. The summed E-state index contributed by atoms with van der Waals surface area (Å²) < 4.78 is 25.6. The van der Waals surface area contributed by atoms with Gasteiger partial charge in [-0.05, 0) is 51.8 Å². The molecule has 0 bridgehead atoms. The third-order valence-corrected chi connectivity index (χ3v) is 8.27. The number of carbonyl (C=O) groups excluding carboxylic acids is 1. The van der Waals surface area contributed by atoms with Gasteiger partial charge in [0, 0.05) is 19.1 Å². The van der Waals surface area contributed by atoms with Crippen LogP contribution in [-0.2, 0) is 14.6 Å². The van der Waals surface area contributed by atoms with E-state index in [0.29, 0.717) is 25.9 Å². The van der Waals surface area contributed by atoms with Crippen molar-refractivity contribution in [2.75, 3.05) is 20.1 Å². The second-order valence-corrected chi connectivity index (χ2v) is 9.66. The number of nitrogens with one attached hydrogen (secondary N) is 1. The van der Waals surface area contributed by atoms with E-state index in [-0.39, 0.29) is 16.8 Å². The van der Waals surface area contributed by atoms with Gasteiger partial charge in [0.15, 0.2) is 14.6 Å². The number of aryl methyl sites for hydroxylation is 1. The number of hydrogen-bond donors (Lipinski definition) is 1. The van der Waals surface area contributed by atoms with Crippen molar-refractivity contribution in [2.45, 2.75) is 61.1 Å². The van der Waals surface area contributed by atoms with E-state index in [1.807, 2.05) is 14.0 Å². The number of rotatable bonds is 4. The van der Waals surface area contributed by atoms with E-state index in [2.05, 4.69) is 5.32 Å². The average Bonchev–Trinajstić information content (AvgIpc) is 3.13. The standard InChI is InChI=1S/C19H28N2O3S/c1-15-7-9-17(10-8-15)25(23,24)19(11-3-4-12-19)18(22)21-13-5-6-16(14-21)20-2/h7-10,16,20H,3-6,11-14H2,1-2H3. The number of carbonyl (C=O) groups is 1. The molecule has 2 aliphatic rings. The molecule has 1 aromatic rings. The number of amides is 1. The lowest BCUT2D eigenvalue weighted by atomic mass is 10.0. The number of piperidine rings is 1.